The monoisotopic (exact) mass is 352 g/mol. The Morgan fingerprint density at radius 3 is 2.72 bits per heavy atom. The number of benzene rings is 2. The fourth-order valence-electron chi connectivity index (χ4n) is 2.46. The first-order valence-corrected chi connectivity index (χ1v) is 8.64. The van der Waals surface area contributed by atoms with Gasteiger partial charge in [-0.2, -0.15) is 0 Å². The fraction of sp³-hybridized carbons (Fsp3) is 0.105. The minimum absolute atomic E-state index is 0.136. The van der Waals surface area contributed by atoms with Gasteiger partial charge in [-0.05, 0) is 42.8 Å². The van der Waals surface area contributed by atoms with Crippen LogP contribution in [0.25, 0.3) is 10.9 Å². The van der Waals surface area contributed by atoms with E-state index >= 15 is 0 Å². The zero-order valence-corrected chi connectivity index (χ0v) is 14.3. The third kappa shape index (κ3) is 4.16. The number of carboxylic acids is 1. The summed E-state index contributed by atoms with van der Waals surface area (Å²) in [4.78, 5) is 27.6. The van der Waals surface area contributed by atoms with Crippen LogP contribution in [0.3, 0.4) is 0 Å². The van der Waals surface area contributed by atoms with Crippen LogP contribution in [-0.4, -0.2) is 27.7 Å². The van der Waals surface area contributed by atoms with E-state index < -0.39 is 5.97 Å². The molecule has 0 aliphatic rings. The predicted molar refractivity (Wildman–Crippen MR) is 99.2 cm³/mol. The topological polar surface area (TPSA) is 79.3 Å². The Bertz CT molecular complexity index is 956. The Labute approximate surface area is 149 Å². The Hall–Kier alpha value is -2.86. The molecule has 0 radical (unpaired) electrons. The third-order valence-electron chi connectivity index (χ3n) is 3.64. The normalized spacial score (nSPS) is 10.6. The molecule has 2 aromatic carbocycles. The molecule has 0 atom stereocenters. The number of thioether (sulfide) groups is 1. The molecular weight excluding hydrogens is 336 g/mol. The number of anilines is 1. The molecule has 3 aromatic rings. The molecule has 0 saturated carbocycles. The summed E-state index contributed by atoms with van der Waals surface area (Å²) in [5, 5.41) is 13.6. The average molecular weight is 352 g/mol. The van der Waals surface area contributed by atoms with E-state index in [0.29, 0.717) is 5.69 Å². The number of rotatable bonds is 5. The predicted octanol–water partition coefficient (Wildman–Crippen LogP) is 3.97. The number of hydrogen-bond acceptors (Lipinski definition) is 4. The Balaban J connectivity index is 1.66. The van der Waals surface area contributed by atoms with Gasteiger partial charge in [0.05, 0.1) is 21.9 Å². The number of aromatic carboxylic acids is 1. The number of fused-ring (bicyclic) bond motifs is 1. The summed E-state index contributed by atoms with van der Waals surface area (Å²) < 4.78 is 0. The van der Waals surface area contributed by atoms with Crippen LogP contribution in [0.5, 0.6) is 0 Å². The maximum absolute atomic E-state index is 12.1. The van der Waals surface area contributed by atoms with Crippen molar-refractivity contribution in [3.63, 3.8) is 0 Å². The Morgan fingerprint density at radius 2 is 1.92 bits per heavy atom. The highest BCUT2D eigenvalue weighted by atomic mass is 32.2. The van der Waals surface area contributed by atoms with Crippen molar-refractivity contribution >= 4 is 40.2 Å². The summed E-state index contributed by atoms with van der Waals surface area (Å²) in [6, 6.07) is 16.0. The summed E-state index contributed by atoms with van der Waals surface area (Å²) in [6.07, 6.45) is 0. The van der Waals surface area contributed by atoms with Crippen LogP contribution in [0.1, 0.15) is 15.9 Å². The number of nitrogens with zero attached hydrogens (tertiary/aromatic N) is 1. The minimum Gasteiger partial charge on any atom is -0.478 e. The molecule has 126 valence electrons. The number of carboxylic acid groups (broad SMARTS) is 1. The van der Waals surface area contributed by atoms with Gasteiger partial charge in [0, 0.05) is 11.1 Å². The molecular formula is C19H16N2O3S. The number of nitrogens with one attached hydrogen (secondary N) is 1. The second kappa shape index (κ2) is 7.36. The summed E-state index contributed by atoms with van der Waals surface area (Å²) in [5.41, 5.74) is 2.62. The molecule has 0 saturated heterocycles. The molecule has 3 rings (SSSR count). The quantitative estimate of drug-likeness (QED) is 0.679. The average Bonchev–Trinajstić information content (AvgIpc) is 2.60. The number of pyridine rings is 1. The number of aromatic nitrogens is 1. The summed E-state index contributed by atoms with van der Waals surface area (Å²) in [5.74, 6) is -1.04. The summed E-state index contributed by atoms with van der Waals surface area (Å²) in [6.45, 7) is 2.02. The first kappa shape index (κ1) is 17.0. The van der Waals surface area contributed by atoms with Gasteiger partial charge in [0.15, 0.2) is 0 Å². The van der Waals surface area contributed by atoms with E-state index in [-0.39, 0.29) is 17.2 Å². The molecule has 2 N–H and O–H groups in total. The standard InChI is InChI=1S/C19H16N2O3S/c1-12-9-18(21-16-8-3-2-7-15(12)16)25-11-17(22)20-14-6-4-5-13(10-14)19(23)24/h2-10H,11H2,1H3,(H,20,22)(H,23,24). The highest BCUT2D eigenvalue weighted by Crippen LogP contribution is 2.23. The maximum Gasteiger partial charge on any atom is 0.335 e. The third-order valence-corrected chi connectivity index (χ3v) is 4.56. The smallest absolute Gasteiger partial charge is 0.335 e. The molecule has 1 aromatic heterocycles. The van der Waals surface area contributed by atoms with E-state index in [9.17, 15) is 9.59 Å². The van der Waals surface area contributed by atoms with Gasteiger partial charge in [0.25, 0.3) is 0 Å². The van der Waals surface area contributed by atoms with Gasteiger partial charge in [0.2, 0.25) is 5.91 Å². The summed E-state index contributed by atoms with van der Waals surface area (Å²) in [7, 11) is 0. The van der Waals surface area contributed by atoms with Crippen molar-refractivity contribution in [2.45, 2.75) is 11.9 Å². The van der Waals surface area contributed by atoms with Crippen molar-refractivity contribution in [3.8, 4) is 0 Å². The lowest BCUT2D eigenvalue weighted by molar-refractivity contribution is -0.113. The lowest BCUT2D eigenvalue weighted by atomic mass is 10.1. The summed E-state index contributed by atoms with van der Waals surface area (Å²) >= 11 is 1.35. The second-order valence-electron chi connectivity index (χ2n) is 5.52. The highest BCUT2D eigenvalue weighted by Gasteiger charge is 2.09. The van der Waals surface area contributed by atoms with Crippen LogP contribution in [0.15, 0.2) is 59.6 Å². The molecule has 1 amide bonds. The van der Waals surface area contributed by atoms with Gasteiger partial charge >= 0.3 is 5.97 Å². The molecule has 0 unspecified atom stereocenters. The zero-order valence-electron chi connectivity index (χ0n) is 13.5. The largest absolute Gasteiger partial charge is 0.478 e. The van der Waals surface area contributed by atoms with E-state index in [2.05, 4.69) is 10.3 Å². The van der Waals surface area contributed by atoms with Gasteiger partial charge in [-0.1, -0.05) is 36.0 Å². The molecule has 0 bridgehead atoms. The van der Waals surface area contributed by atoms with Gasteiger partial charge < -0.3 is 10.4 Å². The number of amides is 1. The van der Waals surface area contributed by atoms with E-state index in [1.54, 1.807) is 12.1 Å². The molecule has 0 spiro atoms. The number of carbonyl (C=O) groups excluding carboxylic acids is 1. The van der Waals surface area contributed by atoms with Crippen LogP contribution >= 0.6 is 11.8 Å². The fourth-order valence-corrected chi connectivity index (χ4v) is 3.23. The van der Waals surface area contributed by atoms with Crippen LogP contribution < -0.4 is 5.32 Å². The zero-order chi connectivity index (χ0) is 17.8. The lowest BCUT2D eigenvalue weighted by Crippen LogP contribution is -2.14. The van der Waals surface area contributed by atoms with Crippen LogP contribution in [0.4, 0.5) is 5.69 Å². The van der Waals surface area contributed by atoms with Gasteiger partial charge in [0.1, 0.15) is 0 Å². The number of para-hydroxylation sites is 1. The molecule has 25 heavy (non-hydrogen) atoms. The second-order valence-corrected chi connectivity index (χ2v) is 6.51. The van der Waals surface area contributed by atoms with Crippen molar-refractivity contribution in [2.75, 3.05) is 11.1 Å². The van der Waals surface area contributed by atoms with Crippen LogP contribution in [0.2, 0.25) is 0 Å². The minimum atomic E-state index is -1.03. The SMILES string of the molecule is Cc1cc(SCC(=O)Nc2cccc(C(=O)O)c2)nc2ccccc12. The van der Waals surface area contributed by atoms with Crippen LogP contribution in [0, 0.1) is 6.92 Å². The number of carbonyl (C=O) groups is 2. The van der Waals surface area contributed by atoms with Gasteiger partial charge in [-0.3, -0.25) is 4.79 Å². The molecule has 0 aliphatic heterocycles. The molecule has 6 heteroatoms. The van der Waals surface area contributed by atoms with E-state index in [4.69, 9.17) is 5.11 Å². The van der Waals surface area contributed by atoms with Crippen molar-refractivity contribution < 1.29 is 14.7 Å². The highest BCUT2D eigenvalue weighted by molar-refractivity contribution is 7.99. The van der Waals surface area contributed by atoms with E-state index in [1.165, 1.54) is 23.9 Å². The lowest BCUT2D eigenvalue weighted by Gasteiger charge is -2.07. The van der Waals surface area contributed by atoms with Gasteiger partial charge in [-0.25, -0.2) is 9.78 Å². The molecule has 5 nitrogen and oxygen atoms in total. The number of hydrogen-bond donors (Lipinski definition) is 2. The van der Waals surface area contributed by atoms with Crippen molar-refractivity contribution in [1.29, 1.82) is 0 Å². The van der Waals surface area contributed by atoms with Gasteiger partial charge in [-0.15, -0.1) is 0 Å². The molecule has 0 fully saturated rings. The van der Waals surface area contributed by atoms with E-state index in [1.807, 2.05) is 37.3 Å². The van der Waals surface area contributed by atoms with Crippen LogP contribution in [-0.2, 0) is 4.79 Å². The maximum atomic E-state index is 12.1. The van der Waals surface area contributed by atoms with Crippen molar-refractivity contribution in [1.82, 2.24) is 4.98 Å². The first-order chi connectivity index (χ1) is 12.0. The van der Waals surface area contributed by atoms with E-state index in [0.717, 1.165) is 21.5 Å². The number of aryl methyl sites for hydroxylation is 1. The molecule has 1 heterocycles. The first-order valence-electron chi connectivity index (χ1n) is 7.65. The Kier molecular flexibility index (Phi) is 5.00. The Morgan fingerprint density at radius 1 is 1.12 bits per heavy atom. The van der Waals surface area contributed by atoms with Crippen molar-refractivity contribution in [3.05, 3.63) is 65.7 Å². The van der Waals surface area contributed by atoms with Crippen molar-refractivity contribution in [2.24, 2.45) is 0 Å². The molecule has 0 aliphatic carbocycles.